The quantitative estimate of drug-likeness (QED) is 0.572. The Bertz CT molecular complexity index is 269. The first-order valence-corrected chi connectivity index (χ1v) is 7.32. The lowest BCUT2D eigenvalue weighted by atomic mass is 9.99. The van der Waals surface area contributed by atoms with Gasteiger partial charge in [-0.05, 0) is 18.8 Å². The van der Waals surface area contributed by atoms with Gasteiger partial charge in [0.2, 0.25) is 0 Å². The van der Waals surface area contributed by atoms with Gasteiger partial charge >= 0.3 is 12.0 Å². The minimum Gasteiger partial charge on any atom is -0.480 e. The minimum atomic E-state index is -0.977. The SMILES string of the molecule is CCCCC(CC)CNC(=O)N[C@H](CCC)C(=O)O. The molecule has 19 heavy (non-hydrogen) atoms. The molecule has 0 saturated heterocycles. The Morgan fingerprint density at radius 3 is 2.26 bits per heavy atom. The summed E-state index contributed by atoms with van der Waals surface area (Å²) in [7, 11) is 0. The molecule has 0 aliphatic carbocycles. The van der Waals surface area contributed by atoms with E-state index in [2.05, 4.69) is 24.5 Å². The van der Waals surface area contributed by atoms with E-state index in [0.29, 0.717) is 18.9 Å². The number of rotatable bonds is 10. The Morgan fingerprint density at radius 1 is 1.11 bits per heavy atom. The third-order valence-corrected chi connectivity index (χ3v) is 3.28. The van der Waals surface area contributed by atoms with Crippen molar-refractivity contribution in [1.82, 2.24) is 10.6 Å². The van der Waals surface area contributed by atoms with Gasteiger partial charge in [0.05, 0.1) is 0 Å². The number of amides is 2. The lowest BCUT2D eigenvalue weighted by molar-refractivity contribution is -0.139. The van der Waals surface area contributed by atoms with E-state index in [4.69, 9.17) is 5.11 Å². The third-order valence-electron chi connectivity index (χ3n) is 3.28. The Labute approximate surface area is 116 Å². The summed E-state index contributed by atoms with van der Waals surface area (Å²) in [5.74, 6) is -0.504. The second-order valence-electron chi connectivity index (χ2n) is 4.95. The molecule has 0 aliphatic rings. The number of nitrogens with one attached hydrogen (secondary N) is 2. The van der Waals surface area contributed by atoms with Gasteiger partial charge < -0.3 is 15.7 Å². The van der Waals surface area contributed by atoms with E-state index in [0.717, 1.165) is 32.1 Å². The fraction of sp³-hybridized carbons (Fsp3) is 0.857. The molecule has 0 saturated carbocycles. The van der Waals surface area contributed by atoms with Gasteiger partial charge in [0, 0.05) is 6.54 Å². The zero-order chi connectivity index (χ0) is 14.7. The van der Waals surface area contributed by atoms with Crippen molar-refractivity contribution in [2.24, 2.45) is 5.92 Å². The molecule has 0 bridgehead atoms. The van der Waals surface area contributed by atoms with Crippen LogP contribution in [0.3, 0.4) is 0 Å². The van der Waals surface area contributed by atoms with E-state index in [1.807, 2.05) is 6.92 Å². The average molecular weight is 272 g/mol. The first-order valence-electron chi connectivity index (χ1n) is 7.32. The molecular weight excluding hydrogens is 244 g/mol. The molecule has 0 spiro atoms. The molecule has 0 aliphatic heterocycles. The van der Waals surface area contributed by atoms with Gasteiger partial charge in [0.15, 0.2) is 0 Å². The Hall–Kier alpha value is -1.26. The molecule has 0 rings (SSSR count). The molecule has 3 N–H and O–H groups in total. The maximum absolute atomic E-state index is 11.6. The van der Waals surface area contributed by atoms with Crippen molar-refractivity contribution >= 4 is 12.0 Å². The van der Waals surface area contributed by atoms with Gasteiger partial charge in [-0.2, -0.15) is 0 Å². The highest BCUT2D eigenvalue weighted by Crippen LogP contribution is 2.11. The van der Waals surface area contributed by atoms with Crippen LogP contribution in [0.25, 0.3) is 0 Å². The number of aliphatic carboxylic acids is 1. The highest BCUT2D eigenvalue weighted by atomic mass is 16.4. The van der Waals surface area contributed by atoms with Crippen LogP contribution in [0.4, 0.5) is 4.79 Å². The van der Waals surface area contributed by atoms with E-state index < -0.39 is 12.0 Å². The van der Waals surface area contributed by atoms with Crippen LogP contribution in [0.1, 0.15) is 59.3 Å². The lowest BCUT2D eigenvalue weighted by Crippen LogP contribution is -2.47. The fourth-order valence-electron chi connectivity index (χ4n) is 1.94. The number of carboxylic acids is 1. The molecule has 2 amide bonds. The number of urea groups is 1. The smallest absolute Gasteiger partial charge is 0.326 e. The number of carboxylic acid groups (broad SMARTS) is 1. The van der Waals surface area contributed by atoms with Crippen molar-refractivity contribution in [1.29, 1.82) is 0 Å². The minimum absolute atomic E-state index is 0.379. The molecular formula is C14H28N2O3. The van der Waals surface area contributed by atoms with Gasteiger partial charge in [0.25, 0.3) is 0 Å². The average Bonchev–Trinajstić information content (AvgIpc) is 2.38. The normalized spacial score (nSPS) is 13.6. The van der Waals surface area contributed by atoms with Gasteiger partial charge in [-0.25, -0.2) is 9.59 Å². The van der Waals surface area contributed by atoms with Crippen molar-refractivity contribution in [3.05, 3.63) is 0 Å². The summed E-state index contributed by atoms with van der Waals surface area (Å²) < 4.78 is 0. The lowest BCUT2D eigenvalue weighted by Gasteiger charge is -2.18. The highest BCUT2D eigenvalue weighted by Gasteiger charge is 2.18. The topological polar surface area (TPSA) is 78.4 Å². The monoisotopic (exact) mass is 272 g/mol. The van der Waals surface area contributed by atoms with Crippen molar-refractivity contribution in [3.8, 4) is 0 Å². The predicted molar refractivity (Wildman–Crippen MR) is 76.2 cm³/mol. The summed E-state index contributed by atoms with van der Waals surface area (Å²) in [6, 6.07) is -1.17. The van der Waals surface area contributed by atoms with Crippen LogP contribution in [0.2, 0.25) is 0 Å². The third kappa shape index (κ3) is 8.46. The summed E-state index contributed by atoms with van der Waals surface area (Å²) in [4.78, 5) is 22.6. The Kier molecular flexibility index (Phi) is 9.94. The van der Waals surface area contributed by atoms with Crippen LogP contribution in [0, 0.1) is 5.92 Å². The van der Waals surface area contributed by atoms with Crippen LogP contribution < -0.4 is 10.6 Å². The number of hydrogen-bond donors (Lipinski definition) is 3. The summed E-state index contributed by atoms with van der Waals surface area (Å²) in [5.41, 5.74) is 0. The molecule has 5 heteroatoms. The van der Waals surface area contributed by atoms with Gasteiger partial charge in [-0.15, -0.1) is 0 Å². The standard InChI is InChI=1S/C14H28N2O3/c1-4-7-9-11(6-3)10-15-14(19)16-12(8-5-2)13(17)18/h11-12H,4-10H2,1-3H3,(H,17,18)(H2,15,16,19)/t11?,12-/m1/s1. The summed E-state index contributed by atoms with van der Waals surface area (Å²) in [5, 5.41) is 14.2. The molecule has 1 unspecified atom stereocenters. The van der Waals surface area contributed by atoms with Crippen LogP contribution in [0.15, 0.2) is 0 Å². The van der Waals surface area contributed by atoms with E-state index in [9.17, 15) is 9.59 Å². The maximum atomic E-state index is 11.6. The van der Waals surface area contributed by atoms with Crippen molar-refractivity contribution in [2.75, 3.05) is 6.54 Å². The number of carbonyl (C=O) groups is 2. The molecule has 0 aromatic heterocycles. The van der Waals surface area contributed by atoms with Gasteiger partial charge in [-0.1, -0.05) is 46.5 Å². The Balaban J connectivity index is 4.04. The van der Waals surface area contributed by atoms with Crippen LogP contribution in [0.5, 0.6) is 0 Å². The molecule has 0 aromatic carbocycles. The van der Waals surface area contributed by atoms with Gasteiger partial charge in [0.1, 0.15) is 6.04 Å². The molecule has 2 atom stereocenters. The molecule has 5 nitrogen and oxygen atoms in total. The number of hydrogen-bond acceptors (Lipinski definition) is 2. The predicted octanol–water partition coefficient (Wildman–Crippen LogP) is 2.76. The molecule has 0 aromatic rings. The summed E-state index contributed by atoms with van der Waals surface area (Å²) in [6.07, 6.45) is 5.62. The summed E-state index contributed by atoms with van der Waals surface area (Å²) in [6.45, 7) is 6.76. The summed E-state index contributed by atoms with van der Waals surface area (Å²) >= 11 is 0. The second-order valence-corrected chi connectivity index (χ2v) is 4.95. The van der Waals surface area contributed by atoms with Crippen molar-refractivity contribution in [3.63, 3.8) is 0 Å². The van der Waals surface area contributed by atoms with Gasteiger partial charge in [-0.3, -0.25) is 0 Å². The fourth-order valence-corrected chi connectivity index (χ4v) is 1.94. The molecule has 0 heterocycles. The molecule has 0 radical (unpaired) electrons. The molecule has 0 fully saturated rings. The van der Waals surface area contributed by atoms with E-state index in [-0.39, 0.29) is 6.03 Å². The van der Waals surface area contributed by atoms with Crippen LogP contribution in [-0.4, -0.2) is 29.7 Å². The van der Waals surface area contributed by atoms with Crippen LogP contribution in [-0.2, 0) is 4.79 Å². The first-order chi connectivity index (χ1) is 9.04. The van der Waals surface area contributed by atoms with Crippen LogP contribution >= 0.6 is 0 Å². The largest absolute Gasteiger partial charge is 0.480 e. The van der Waals surface area contributed by atoms with E-state index in [1.54, 1.807) is 0 Å². The van der Waals surface area contributed by atoms with E-state index >= 15 is 0 Å². The number of carbonyl (C=O) groups excluding carboxylic acids is 1. The van der Waals surface area contributed by atoms with E-state index in [1.165, 1.54) is 0 Å². The zero-order valence-electron chi connectivity index (χ0n) is 12.4. The highest BCUT2D eigenvalue weighted by molar-refractivity contribution is 5.82. The van der Waals surface area contributed by atoms with Crippen molar-refractivity contribution in [2.45, 2.75) is 65.3 Å². The number of unbranched alkanes of at least 4 members (excludes halogenated alkanes) is 1. The zero-order valence-corrected chi connectivity index (χ0v) is 12.4. The Morgan fingerprint density at radius 2 is 1.79 bits per heavy atom. The molecule has 112 valence electrons. The maximum Gasteiger partial charge on any atom is 0.326 e. The van der Waals surface area contributed by atoms with Crippen molar-refractivity contribution < 1.29 is 14.7 Å². The second kappa shape index (κ2) is 10.6. The first kappa shape index (κ1) is 17.7.